The molecule has 1 aromatic rings. The number of Topliss-reactive ketones (excluding diaryl/α,β-unsaturated/α-hetero) is 1. The Morgan fingerprint density at radius 2 is 1.81 bits per heavy atom. The Labute approximate surface area is 124 Å². The van der Waals surface area contributed by atoms with E-state index >= 15 is 0 Å². The lowest BCUT2D eigenvalue weighted by Gasteiger charge is -2.13. The summed E-state index contributed by atoms with van der Waals surface area (Å²) >= 11 is 0. The number of hydrogen-bond acceptors (Lipinski definition) is 5. The zero-order valence-corrected chi connectivity index (χ0v) is 13.1. The van der Waals surface area contributed by atoms with Crippen LogP contribution >= 0.6 is 0 Å². The predicted molar refractivity (Wildman–Crippen MR) is 77.5 cm³/mol. The summed E-state index contributed by atoms with van der Waals surface area (Å²) in [5.41, 5.74) is 0.438. The van der Waals surface area contributed by atoms with Crippen LogP contribution in [0.4, 0.5) is 0 Å². The molecule has 0 radical (unpaired) electrons. The molecular weight excluding hydrogens is 294 g/mol. The molecule has 0 saturated heterocycles. The van der Waals surface area contributed by atoms with Gasteiger partial charge in [0.2, 0.25) is 10.0 Å². The van der Waals surface area contributed by atoms with Crippen LogP contribution < -0.4 is 4.72 Å². The Morgan fingerprint density at radius 1 is 1.24 bits per heavy atom. The summed E-state index contributed by atoms with van der Waals surface area (Å²) in [5.74, 6) is -0.595. The Kier molecular flexibility index (Phi) is 6.04. The third-order valence-corrected chi connectivity index (χ3v) is 4.31. The molecule has 0 aliphatic carbocycles. The van der Waals surface area contributed by atoms with Gasteiger partial charge in [-0.2, -0.15) is 0 Å². The molecule has 1 rings (SSSR count). The lowest BCUT2D eigenvalue weighted by molar-refractivity contribution is -0.143. The van der Waals surface area contributed by atoms with Crippen molar-refractivity contribution in [2.24, 2.45) is 0 Å². The highest BCUT2D eigenvalue weighted by Crippen LogP contribution is 2.12. The smallest absolute Gasteiger partial charge is 0.307 e. The van der Waals surface area contributed by atoms with Gasteiger partial charge < -0.3 is 4.74 Å². The molecule has 1 aromatic carbocycles. The number of hydrogen-bond donors (Lipinski definition) is 1. The molecule has 0 aliphatic rings. The van der Waals surface area contributed by atoms with Gasteiger partial charge in [-0.15, -0.1) is 0 Å². The molecule has 0 fully saturated rings. The molecular formula is C14H19NO5S. The lowest BCUT2D eigenvalue weighted by Crippen LogP contribution is -2.34. The van der Waals surface area contributed by atoms with Gasteiger partial charge in [0.05, 0.1) is 17.9 Å². The van der Waals surface area contributed by atoms with Gasteiger partial charge in [-0.1, -0.05) is 12.1 Å². The van der Waals surface area contributed by atoms with Gasteiger partial charge >= 0.3 is 5.97 Å². The summed E-state index contributed by atoms with van der Waals surface area (Å²) in [6, 6.07) is 5.04. The number of carbonyl (C=O) groups is 2. The van der Waals surface area contributed by atoms with Crippen LogP contribution in [0.15, 0.2) is 29.2 Å². The zero-order valence-electron chi connectivity index (χ0n) is 12.3. The predicted octanol–water partition coefficient (Wildman–Crippen LogP) is 1.51. The van der Waals surface area contributed by atoms with Gasteiger partial charge in [-0.05, 0) is 32.9 Å². The molecule has 0 aliphatic heterocycles. The fraction of sp³-hybridized carbons (Fsp3) is 0.429. The molecule has 1 atom stereocenters. The van der Waals surface area contributed by atoms with E-state index in [2.05, 4.69) is 4.72 Å². The van der Waals surface area contributed by atoms with E-state index in [4.69, 9.17) is 4.74 Å². The van der Waals surface area contributed by atoms with Crippen LogP contribution in [-0.4, -0.2) is 32.8 Å². The van der Waals surface area contributed by atoms with Crippen LogP contribution in [0, 0.1) is 0 Å². The average molecular weight is 313 g/mol. The van der Waals surface area contributed by atoms with Crippen molar-refractivity contribution in [3.05, 3.63) is 29.8 Å². The molecule has 0 saturated carbocycles. The second kappa shape index (κ2) is 7.33. The molecule has 0 aromatic heterocycles. The van der Waals surface area contributed by atoms with Crippen LogP contribution in [0.2, 0.25) is 0 Å². The largest absolute Gasteiger partial charge is 0.466 e. The van der Waals surface area contributed by atoms with Crippen molar-refractivity contribution < 1.29 is 22.7 Å². The van der Waals surface area contributed by atoms with Crippen LogP contribution in [0.5, 0.6) is 0 Å². The van der Waals surface area contributed by atoms with Crippen LogP contribution in [0.25, 0.3) is 0 Å². The molecule has 1 unspecified atom stereocenters. The van der Waals surface area contributed by atoms with Crippen LogP contribution in [-0.2, 0) is 19.6 Å². The molecule has 0 spiro atoms. The van der Waals surface area contributed by atoms with Gasteiger partial charge in [-0.25, -0.2) is 13.1 Å². The Hall–Kier alpha value is -1.73. The van der Waals surface area contributed by atoms with E-state index in [9.17, 15) is 18.0 Å². The van der Waals surface area contributed by atoms with Crippen molar-refractivity contribution in [2.45, 2.75) is 38.1 Å². The van der Waals surface area contributed by atoms with Gasteiger partial charge in [0, 0.05) is 11.6 Å². The maximum Gasteiger partial charge on any atom is 0.307 e. The minimum atomic E-state index is -3.73. The van der Waals surface area contributed by atoms with Gasteiger partial charge in [0.1, 0.15) is 0 Å². The molecule has 21 heavy (non-hydrogen) atoms. The van der Waals surface area contributed by atoms with E-state index in [0.717, 1.165) is 0 Å². The van der Waals surface area contributed by atoms with E-state index in [-0.39, 0.29) is 23.7 Å². The van der Waals surface area contributed by atoms with Gasteiger partial charge in [0.15, 0.2) is 5.78 Å². The van der Waals surface area contributed by atoms with Crippen molar-refractivity contribution in [1.82, 2.24) is 4.72 Å². The van der Waals surface area contributed by atoms with E-state index in [0.29, 0.717) is 5.56 Å². The highest BCUT2D eigenvalue weighted by Gasteiger charge is 2.19. The van der Waals surface area contributed by atoms with E-state index < -0.39 is 22.0 Å². The van der Waals surface area contributed by atoms with Crippen molar-refractivity contribution in [3.8, 4) is 0 Å². The summed E-state index contributed by atoms with van der Waals surface area (Å²) < 4.78 is 31.4. The number of ketones is 1. The summed E-state index contributed by atoms with van der Waals surface area (Å²) in [6.07, 6.45) is -0.0431. The fourth-order valence-electron chi connectivity index (χ4n) is 1.71. The molecule has 6 nitrogen and oxygen atoms in total. The summed E-state index contributed by atoms with van der Waals surface area (Å²) in [7, 11) is -3.73. The van der Waals surface area contributed by atoms with Gasteiger partial charge in [0.25, 0.3) is 0 Å². The van der Waals surface area contributed by atoms with E-state index in [1.165, 1.54) is 31.2 Å². The summed E-state index contributed by atoms with van der Waals surface area (Å²) in [6.45, 7) is 4.93. The van der Waals surface area contributed by atoms with Crippen molar-refractivity contribution in [3.63, 3.8) is 0 Å². The van der Waals surface area contributed by atoms with Gasteiger partial charge in [-0.3, -0.25) is 9.59 Å². The van der Waals surface area contributed by atoms with Crippen molar-refractivity contribution in [1.29, 1.82) is 0 Å². The van der Waals surface area contributed by atoms with E-state index in [1.807, 2.05) is 0 Å². The van der Waals surface area contributed by atoms with E-state index in [1.54, 1.807) is 13.8 Å². The molecule has 7 heteroatoms. The number of rotatable bonds is 7. The number of esters is 1. The third-order valence-electron chi connectivity index (χ3n) is 2.71. The van der Waals surface area contributed by atoms with Crippen LogP contribution in [0.1, 0.15) is 37.6 Å². The fourth-order valence-corrected chi connectivity index (χ4v) is 2.96. The minimum absolute atomic E-state index is 0.0431. The van der Waals surface area contributed by atoms with Crippen LogP contribution in [0.3, 0.4) is 0 Å². The zero-order chi connectivity index (χ0) is 16.0. The monoisotopic (exact) mass is 313 g/mol. The Bertz CT molecular complexity index is 607. The number of nitrogens with one attached hydrogen (secondary N) is 1. The molecule has 0 heterocycles. The number of carbonyl (C=O) groups excluding carboxylic acids is 2. The van der Waals surface area contributed by atoms with Crippen molar-refractivity contribution >= 4 is 21.8 Å². The SMILES string of the molecule is CCOC(=O)CC(C)NS(=O)(=O)c1ccc(C(C)=O)cc1. The first-order chi connectivity index (χ1) is 9.76. The minimum Gasteiger partial charge on any atom is -0.466 e. The highest BCUT2D eigenvalue weighted by molar-refractivity contribution is 7.89. The lowest BCUT2D eigenvalue weighted by atomic mass is 10.2. The average Bonchev–Trinajstić information content (AvgIpc) is 2.38. The second-order valence-electron chi connectivity index (χ2n) is 4.61. The standard InChI is InChI=1S/C14H19NO5S/c1-4-20-14(17)9-10(2)15-21(18,19)13-7-5-12(6-8-13)11(3)16/h5-8,10,15H,4,9H2,1-3H3. The first kappa shape index (κ1) is 17.3. The van der Waals surface area contributed by atoms with Crippen molar-refractivity contribution in [2.75, 3.05) is 6.61 Å². The maximum absolute atomic E-state index is 12.1. The molecule has 0 amide bonds. The normalized spacial score (nSPS) is 12.7. The first-order valence-corrected chi connectivity index (χ1v) is 8.03. The highest BCUT2D eigenvalue weighted by atomic mass is 32.2. The topological polar surface area (TPSA) is 89.5 Å². The third kappa shape index (κ3) is 5.28. The Balaban J connectivity index is 2.77. The Morgan fingerprint density at radius 3 is 2.29 bits per heavy atom. The second-order valence-corrected chi connectivity index (χ2v) is 6.33. The molecule has 116 valence electrons. The molecule has 1 N–H and O–H groups in total. The summed E-state index contributed by atoms with van der Waals surface area (Å²) in [5, 5.41) is 0. The number of benzene rings is 1. The quantitative estimate of drug-likeness (QED) is 0.609. The summed E-state index contributed by atoms with van der Waals surface area (Å²) in [4.78, 5) is 22.5. The number of sulfonamides is 1. The maximum atomic E-state index is 12.1. The number of ether oxygens (including phenoxy) is 1. The first-order valence-electron chi connectivity index (χ1n) is 6.55. The molecule has 0 bridgehead atoms.